The van der Waals surface area contributed by atoms with E-state index in [0.29, 0.717) is 6.54 Å². The second-order valence-electron chi connectivity index (χ2n) is 5.53. The minimum Gasteiger partial charge on any atom is -0.462 e. The Morgan fingerprint density at radius 1 is 1.15 bits per heavy atom. The Bertz CT molecular complexity index is 836. The molecule has 0 aromatic heterocycles. The van der Waals surface area contributed by atoms with Gasteiger partial charge in [0.15, 0.2) is 0 Å². The topological polar surface area (TPSA) is 89.8 Å². The molecule has 0 heterocycles. The van der Waals surface area contributed by atoms with Gasteiger partial charge in [0, 0.05) is 35.8 Å². The Morgan fingerprint density at radius 2 is 1.77 bits per heavy atom. The van der Waals surface area contributed by atoms with E-state index in [-0.39, 0.29) is 23.4 Å². The highest BCUT2D eigenvalue weighted by atomic mass is 79.9. The zero-order chi connectivity index (χ0) is 19.3. The number of nitro benzene ring substituents is 1. The van der Waals surface area contributed by atoms with Gasteiger partial charge in [-0.3, -0.25) is 14.9 Å². The lowest BCUT2D eigenvalue weighted by Gasteiger charge is -2.18. The maximum atomic E-state index is 12.7. The summed E-state index contributed by atoms with van der Waals surface area (Å²) in [6, 6.07) is 11.0. The van der Waals surface area contributed by atoms with E-state index in [1.54, 1.807) is 14.0 Å². The first kappa shape index (κ1) is 19.6. The van der Waals surface area contributed by atoms with Crippen molar-refractivity contribution in [2.45, 2.75) is 13.5 Å². The van der Waals surface area contributed by atoms with Crippen molar-refractivity contribution in [3.8, 4) is 0 Å². The first-order valence-electron chi connectivity index (χ1n) is 7.78. The minimum absolute atomic E-state index is 0.0264. The summed E-state index contributed by atoms with van der Waals surface area (Å²) in [7, 11) is 1.59. The minimum atomic E-state index is -0.708. The van der Waals surface area contributed by atoms with Crippen LogP contribution in [0.4, 0.5) is 5.69 Å². The number of carbonyl (C=O) groups excluding carboxylic acids is 2. The van der Waals surface area contributed by atoms with Gasteiger partial charge in [-0.2, -0.15) is 0 Å². The van der Waals surface area contributed by atoms with Crippen molar-refractivity contribution < 1.29 is 19.2 Å². The Kier molecular flexibility index (Phi) is 6.46. The van der Waals surface area contributed by atoms with Crippen molar-refractivity contribution in [3.63, 3.8) is 0 Å². The molecule has 0 saturated carbocycles. The van der Waals surface area contributed by atoms with E-state index in [4.69, 9.17) is 4.74 Å². The predicted molar refractivity (Wildman–Crippen MR) is 99.0 cm³/mol. The van der Waals surface area contributed by atoms with Crippen LogP contribution >= 0.6 is 15.9 Å². The number of amides is 1. The lowest BCUT2D eigenvalue weighted by Crippen LogP contribution is -2.26. The number of rotatable bonds is 6. The van der Waals surface area contributed by atoms with Gasteiger partial charge in [-0.05, 0) is 30.7 Å². The summed E-state index contributed by atoms with van der Waals surface area (Å²) in [5.74, 6) is -1.14. The Morgan fingerprint density at radius 3 is 2.35 bits per heavy atom. The third-order valence-electron chi connectivity index (χ3n) is 3.57. The Labute approximate surface area is 158 Å². The summed E-state index contributed by atoms with van der Waals surface area (Å²) >= 11 is 3.34. The number of hydrogen-bond donors (Lipinski definition) is 0. The van der Waals surface area contributed by atoms with Crippen LogP contribution in [0.15, 0.2) is 46.9 Å². The molecule has 2 aromatic carbocycles. The summed E-state index contributed by atoms with van der Waals surface area (Å²) in [5.41, 5.74) is 0.597. The van der Waals surface area contributed by atoms with Crippen LogP contribution in [0.1, 0.15) is 33.2 Å². The maximum absolute atomic E-state index is 12.7. The van der Waals surface area contributed by atoms with Crippen LogP contribution in [-0.2, 0) is 11.3 Å². The molecule has 136 valence electrons. The number of carbonyl (C=O) groups is 2. The second-order valence-corrected chi connectivity index (χ2v) is 6.45. The van der Waals surface area contributed by atoms with Gasteiger partial charge in [0.2, 0.25) is 0 Å². The fourth-order valence-corrected chi connectivity index (χ4v) is 2.59. The predicted octanol–water partition coefficient (Wildman–Crippen LogP) is 3.81. The molecule has 2 aromatic rings. The zero-order valence-electron chi connectivity index (χ0n) is 14.3. The largest absolute Gasteiger partial charge is 0.462 e. The van der Waals surface area contributed by atoms with E-state index in [1.165, 1.54) is 11.0 Å². The lowest BCUT2D eigenvalue weighted by atomic mass is 10.1. The number of ether oxygens (including phenoxy) is 1. The van der Waals surface area contributed by atoms with Gasteiger partial charge in [0.1, 0.15) is 0 Å². The van der Waals surface area contributed by atoms with Gasteiger partial charge in [-0.25, -0.2) is 4.79 Å². The maximum Gasteiger partial charge on any atom is 0.338 e. The highest BCUT2D eigenvalue weighted by Gasteiger charge is 2.20. The van der Waals surface area contributed by atoms with Crippen LogP contribution in [0.5, 0.6) is 0 Å². The van der Waals surface area contributed by atoms with Gasteiger partial charge in [0.25, 0.3) is 11.6 Å². The third-order valence-corrected chi connectivity index (χ3v) is 4.10. The number of hydrogen-bond acceptors (Lipinski definition) is 5. The van der Waals surface area contributed by atoms with Crippen molar-refractivity contribution in [1.29, 1.82) is 0 Å². The standard InChI is InChI=1S/C18H17BrN2O5/c1-3-26-18(23)14-8-13(9-16(10-14)21(24)25)17(22)20(2)11-12-4-6-15(19)7-5-12/h4-10H,3,11H2,1-2H3. The average molecular weight is 421 g/mol. The summed E-state index contributed by atoms with van der Waals surface area (Å²) in [6.07, 6.45) is 0. The molecule has 0 bridgehead atoms. The van der Waals surface area contributed by atoms with E-state index in [0.717, 1.165) is 22.2 Å². The molecule has 0 aliphatic rings. The molecule has 1 amide bonds. The van der Waals surface area contributed by atoms with E-state index in [1.807, 2.05) is 24.3 Å². The van der Waals surface area contributed by atoms with Crippen LogP contribution in [0.25, 0.3) is 0 Å². The van der Waals surface area contributed by atoms with Crippen LogP contribution in [0.2, 0.25) is 0 Å². The van der Waals surface area contributed by atoms with Crippen molar-refractivity contribution >= 4 is 33.5 Å². The third kappa shape index (κ3) is 4.89. The summed E-state index contributed by atoms with van der Waals surface area (Å²) in [6.45, 7) is 2.09. The second kappa shape index (κ2) is 8.57. The van der Waals surface area contributed by atoms with Gasteiger partial charge in [-0.1, -0.05) is 28.1 Å². The Balaban J connectivity index is 2.29. The molecule has 0 fully saturated rings. The van der Waals surface area contributed by atoms with Crippen molar-refractivity contribution in [3.05, 3.63) is 73.7 Å². The molecule has 0 aliphatic heterocycles. The van der Waals surface area contributed by atoms with E-state index in [9.17, 15) is 19.7 Å². The first-order chi connectivity index (χ1) is 12.3. The van der Waals surface area contributed by atoms with E-state index >= 15 is 0 Å². The van der Waals surface area contributed by atoms with Crippen LogP contribution < -0.4 is 0 Å². The van der Waals surface area contributed by atoms with E-state index < -0.39 is 16.8 Å². The molecule has 8 heteroatoms. The summed E-state index contributed by atoms with van der Waals surface area (Å²) in [5, 5.41) is 11.1. The van der Waals surface area contributed by atoms with Crippen molar-refractivity contribution in [2.24, 2.45) is 0 Å². The van der Waals surface area contributed by atoms with Gasteiger partial charge in [0.05, 0.1) is 17.1 Å². The van der Waals surface area contributed by atoms with Crippen molar-refractivity contribution in [1.82, 2.24) is 4.90 Å². The number of non-ortho nitro benzene ring substituents is 1. The van der Waals surface area contributed by atoms with Gasteiger partial charge < -0.3 is 9.64 Å². The number of halogens is 1. The number of nitrogens with zero attached hydrogens (tertiary/aromatic N) is 2. The summed E-state index contributed by atoms with van der Waals surface area (Å²) in [4.78, 5) is 36.5. The quantitative estimate of drug-likeness (QED) is 0.402. The van der Waals surface area contributed by atoms with Crippen LogP contribution in [0, 0.1) is 10.1 Å². The molecule has 7 nitrogen and oxygen atoms in total. The van der Waals surface area contributed by atoms with Crippen LogP contribution in [-0.4, -0.2) is 35.4 Å². The lowest BCUT2D eigenvalue weighted by molar-refractivity contribution is -0.384. The number of benzene rings is 2. The zero-order valence-corrected chi connectivity index (χ0v) is 15.9. The molecule has 0 atom stereocenters. The van der Waals surface area contributed by atoms with Crippen LogP contribution in [0.3, 0.4) is 0 Å². The SMILES string of the molecule is CCOC(=O)c1cc(C(=O)N(C)Cc2ccc(Br)cc2)cc([N+](=O)[O-])c1. The monoisotopic (exact) mass is 420 g/mol. The molecular weight excluding hydrogens is 404 g/mol. The molecule has 26 heavy (non-hydrogen) atoms. The first-order valence-corrected chi connectivity index (χ1v) is 8.57. The molecule has 2 rings (SSSR count). The highest BCUT2D eigenvalue weighted by molar-refractivity contribution is 9.10. The fraction of sp³-hybridized carbons (Fsp3) is 0.222. The molecule has 0 unspecified atom stereocenters. The fourth-order valence-electron chi connectivity index (χ4n) is 2.33. The Hall–Kier alpha value is -2.74. The molecule has 0 aliphatic carbocycles. The van der Waals surface area contributed by atoms with E-state index in [2.05, 4.69) is 15.9 Å². The highest BCUT2D eigenvalue weighted by Crippen LogP contribution is 2.20. The number of nitro groups is 1. The molecule has 0 N–H and O–H groups in total. The smallest absolute Gasteiger partial charge is 0.338 e. The van der Waals surface area contributed by atoms with Gasteiger partial charge in [-0.15, -0.1) is 0 Å². The molecule has 0 spiro atoms. The number of esters is 1. The molecular formula is C18H17BrN2O5. The summed E-state index contributed by atoms with van der Waals surface area (Å²) < 4.78 is 5.80. The normalized spacial score (nSPS) is 10.3. The van der Waals surface area contributed by atoms with Gasteiger partial charge >= 0.3 is 5.97 Å². The molecule has 0 radical (unpaired) electrons. The van der Waals surface area contributed by atoms with Crippen molar-refractivity contribution in [2.75, 3.05) is 13.7 Å². The average Bonchev–Trinajstić information content (AvgIpc) is 2.62. The molecule has 0 saturated heterocycles.